The van der Waals surface area contributed by atoms with Crippen molar-refractivity contribution in [3.05, 3.63) is 29.3 Å². The zero-order chi connectivity index (χ0) is 15.0. The topological polar surface area (TPSA) is 68.9 Å². The molecular weight excluding hydrogens is 381 g/mol. The predicted molar refractivity (Wildman–Crippen MR) is 97.8 cm³/mol. The number of aryl methyl sites for hydroxylation is 1. The molecule has 0 heterocycles. The Bertz CT molecular complexity index is 453. The van der Waals surface area contributed by atoms with Crippen LogP contribution in [-0.4, -0.2) is 39.4 Å². The molecule has 0 saturated carbocycles. The Balaban J connectivity index is 0.00000400. The Labute approximate surface area is 144 Å². The molecule has 1 rings (SSSR count). The Morgan fingerprint density at radius 2 is 2.10 bits per heavy atom. The molecule has 1 aromatic carbocycles. The molecule has 120 valence electrons. The van der Waals surface area contributed by atoms with Gasteiger partial charge in [0.15, 0.2) is 5.96 Å². The summed E-state index contributed by atoms with van der Waals surface area (Å²) in [7, 11) is 3.34. The van der Waals surface area contributed by atoms with Gasteiger partial charge in [-0.2, -0.15) is 0 Å². The second kappa shape index (κ2) is 10.7. The number of halogens is 1. The second-order valence-electron chi connectivity index (χ2n) is 4.83. The van der Waals surface area contributed by atoms with Gasteiger partial charge < -0.3 is 20.5 Å². The maximum Gasteiger partial charge on any atom is 0.188 e. The van der Waals surface area contributed by atoms with Crippen LogP contribution in [0.25, 0.3) is 0 Å². The largest absolute Gasteiger partial charge is 0.496 e. The Kier molecular flexibility index (Phi) is 10.2. The van der Waals surface area contributed by atoms with Crippen LogP contribution in [0.3, 0.4) is 0 Å². The minimum absolute atomic E-state index is 0. The first-order valence-electron chi connectivity index (χ1n) is 6.75. The van der Waals surface area contributed by atoms with Crippen LogP contribution in [-0.2, 0) is 11.2 Å². The van der Waals surface area contributed by atoms with Crippen molar-refractivity contribution in [1.29, 1.82) is 0 Å². The number of methoxy groups -OCH3 is 2. The fourth-order valence-corrected chi connectivity index (χ4v) is 1.99. The van der Waals surface area contributed by atoms with E-state index in [9.17, 15) is 0 Å². The minimum atomic E-state index is 0. The van der Waals surface area contributed by atoms with E-state index in [-0.39, 0.29) is 30.0 Å². The molecule has 1 atom stereocenters. The lowest BCUT2D eigenvalue weighted by Crippen LogP contribution is -2.40. The van der Waals surface area contributed by atoms with Crippen molar-refractivity contribution in [3.8, 4) is 5.75 Å². The van der Waals surface area contributed by atoms with Crippen LogP contribution < -0.4 is 15.8 Å². The highest BCUT2D eigenvalue weighted by Crippen LogP contribution is 2.19. The highest BCUT2D eigenvalue weighted by Gasteiger charge is 2.04. The summed E-state index contributed by atoms with van der Waals surface area (Å²) in [6.07, 6.45) is 0.798. The van der Waals surface area contributed by atoms with Crippen LogP contribution in [0.5, 0.6) is 5.75 Å². The fourth-order valence-electron chi connectivity index (χ4n) is 1.99. The van der Waals surface area contributed by atoms with Crippen molar-refractivity contribution >= 4 is 29.9 Å². The molecule has 21 heavy (non-hydrogen) atoms. The third-order valence-corrected chi connectivity index (χ3v) is 2.91. The lowest BCUT2D eigenvalue weighted by molar-refractivity contribution is 0.179. The zero-order valence-corrected chi connectivity index (χ0v) is 15.5. The Morgan fingerprint density at radius 1 is 1.38 bits per heavy atom. The van der Waals surface area contributed by atoms with Gasteiger partial charge in [-0.3, -0.25) is 4.99 Å². The molecular formula is C15H26IN3O2. The van der Waals surface area contributed by atoms with Crippen molar-refractivity contribution in [3.63, 3.8) is 0 Å². The summed E-state index contributed by atoms with van der Waals surface area (Å²) < 4.78 is 10.4. The van der Waals surface area contributed by atoms with Gasteiger partial charge in [0.1, 0.15) is 5.75 Å². The van der Waals surface area contributed by atoms with Gasteiger partial charge in [0.2, 0.25) is 0 Å². The molecule has 0 fully saturated rings. The summed E-state index contributed by atoms with van der Waals surface area (Å²) in [6.45, 7) is 5.28. The maximum absolute atomic E-state index is 5.82. The Hall–Kier alpha value is -1.02. The van der Waals surface area contributed by atoms with E-state index in [1.807, 2.05) is 19.1 Å². The number of nitrogens with zero attached hydrogens (tertiary/aromatic N) is 1. The Morgan fingerprint density at radius 3 is 2.71 bits per heavy atom. The van der Waals surface area contributed by atoms with Gasteiger partial charge in [-0.15, -0.1) is 24.0 Å². The minimum Gasteiger partial charge on any atom is -0.496 e. The molecule has 0 spiro atoms. The van der Waals surface area contributed by atoms with Crippen molar-refractivity contribution < 1.29 is 9.47 Å². The predicted octanol–water partition coefficient (Wildman–Crippen LogP) is 2.10. The molecule has 6 heteroatoms. The quantitative estimate of drug-likeness (QED) is 0.413. The van der Waals surface area contributed by atoms with Crippen molar-refractivity contribution in [2.45, 2.75) is 26.3 Å². The van der Waals surface area contributed by atoms with Gasteiger partial charge in [0.25, 0.3) is 0 Å². The number of hydrogen-bond acceptors (Lipinski definition) is 3. The summed E-state index contributed by atoms with van der Waals surface area (Å²) in [6, 6.07) is 6.29. The van der Waals surface area contributed by atoms with Crippen molar-refractivity contribution in [2.24, 2.45) is 10.7 Å². The second-order valence-corrected chi connectivity index (χ2v) is 4.83. The highest BCUT2D eigenvalue weighted by molar-refractivity contribution is 14.0. The molecule has 0 aliphatic carbocycles. The zero-order valence-electron chi connectivity index (χ0n) is 13.2. The van der Waals surface area contributed by atoms with Crippen LogP contribution in [0.4, 0.5) is 0 Å². The molecule has 0 amide bonds. The molecule has 0 aliphatic heterocycles. The van der Waals surface area contributed by atoms with E-state index in [0.29, 0.717) is 19.1 Å². The fraction of sp³-hybridized carbons (Fsp3) is 0.533. The van der Waals surface area contributed by atoms with Crippen LogP contribution in [0.1, 0.15) is 18.1 Å². The number of benzene rings is 1. The smallest absolute Gasteiger partial charge is 0.188 e. The summed E-state index contributed by atoms with van der Waals surface area (Å²) in [5.74, 6) is 1.34. The first-order valence-corrected chi connectivity index (χ1v) is 6.75. The van der Waals surface area contributed by atoms with Crippen LogP contribution in [0.15, 0.2) is 23.2 Å². The molecule has 1 unspecified atom stereocenters. The van der Waals surface area contributed by atoms with Crippen LogP contribution in [0, 0.1) is 6.92 Å². The summed E-state index contributed by atoms with van der Waals surface area (Å²) in [5, 5.41) is 3.08. The third kappa shape index (κ3) is 7.52. The van der Waals surface area contributed by atoms with Gasteiger partial charge >= 0.3 is 0 Å². The average molecular weight is 407 g/mol. The van der Waals surface area contributed by atoms with Crippen LogP contribution in [0.2, 0.25) is 0 Å². The van der Waals surface area contributed by atoms with Gasteiger partial charge in [-0.1, -0.05) is 17.7 Å². The first-order chi connectivity index (χ1) is 9.56. The monoisotopic (exact) mass is 407 g/mol. The number of rotatable bonds is 7. The highest BCUT2D eigenvalue weighted by atomic mass is 127. The number of hydrogen-bond donors (Lipinski definition) is 2. The van der Waals surface area contributed by atoms with E-state index in [1.165, 1.54) is 5.56 Å². The lowest BCUT2D eigenvalue weighted by atomic mass is 10.1. The van der Waals surface area contributed by atoms with Gasteiger partial charge in [0, 0.05) is 19.7 Å². The van der Waals surface area contributed by atoms with Gasteiger partial charge in [-0.05, 0) is 31.9 Å². The number of guanidine groups is 1. The molecule has 0 aliphatic rings. The molecule has 0 saturated heterocycles. The molecule has 0 bridgehead atoms. The summed E-state index contributed by atoms with van der Waals surface area (Å²) >= 11 is 0. The van der Waals surface area contributed by atoms with E-state index in [2.05, 4.69) is 23.3 Å². The number of nitrogens with one attached hydrogen (secondary N) is 1. The van der Waals surface area contributed by atoms with Crippen molar-refractivity contribution in [2.75, 3.05) is 27.4 Å². The van der Waals surface area contributed by atoms with E-state index in [1.54, 1.807) is 14.2 Å². The summed E-state index contributed by atoms with van der Waals surface area (Å²) in [5.41, 5.74) is 8.18. The van der Waals surface area contributed by atoms with Gasteiger partial charge in [0.05, 0.1) is 13.7 Å². The molecule has 1 aromatic rings. The van der Waals surface area contributed by atoms with E-state index in [0.717, 1.165) is 17.7 Å². The van der Waals surface area contributed by atoms with E-state index < -0.39 is 0 Å². The van der Waals surface area contributed by atoms with E-state index in [4.69, 9.17) is 15.2 Å². The normalized spacial score (nSPS) is 12.5. The number of ether oxygens (including phenoxy) is 2. The number of nitrogens with two attached hydrogens (primary N) is 1. The summed E-state index contributed by atoms with van der Waals surface area (Å²) in [4.78, 5) is 4.32. The molecule has 0 aromatic heterocycles. The maximum atomic E-state index is 5.82. The van der Waals surface area contributed by atoms with Crippen molar-refractivity contribution in [1.82, 2.24) is 5.32 Å². The molecule has 5 nitrogen and oxygen atoms in total. The lowest BCUT2D eigenvalue weighted by Gasteiger charge is -2.13. The molecule has 0 radical (unpaired) electrons. The van der Waals surface area contributed by atoms with Gasteiger partial charge in [-0.25, -0.2) is 0 Å². The van der Waals surface area contributed by atoms with E-state index >= 15 is 0 Å². The number of aliphatic imine (C=N–C) groups is 1. The average Bonchev–Trinajstić information content (AvgIpc) is 2.39. The third-order valence-electron chi connectivity index (χ3n) is 2.91. The SMILES string of the molecule is COCC(C)NC(N)=NCCc1cc(C)ccc1OC.I. The van der Waals surface area contributed by atoms with Crippen LogP contribution >= 0.6 is 24.0 Å². The standard InChI is InChI=1S/C15H25N3O2.HI/c1-11-5-6-14(20-4)13(9-11)7-8-17-15(16)18-12(2)10-19-3;/h5-6,9,12H,7-8,10H2,1-4H3,(H3,16,17,18);1H. The first kappa shape index (κ1) is 20.0. The molecule has 3 N–H and O–H groups in total.